The van der Waals surface area contributed by atoms with Gasteiger partial charge in [-0.3, -0.25) is 0 Å². The van der Waals surface area contributed by atoms with Crippen LogP contribution in [0.2, 0.25) is 0 Å². The number of hydrazine groups is 1. The van der Waals surface area contributed by atoms with Gasteiger partial charge < -0.3 is 5.21 Å². The first-order valence-electron chi connectivity index (χ1n) is 3.79. The third-order valence-electron chi connectivity index (χ3n) is 2.53. The molecule has 2 unspecified atom stereocenters. The number of alkyl halides is 1. The van der Waals surface area contributed by atoms with E-state index in [-0.39, 0.29) is 6.04 Å². The van der Waals surface area contributed by atoms with Gasteiger partial charge in [-0.25, -0.2) is 0 Å². The van der Waals surface area contributed by atoms with Crippen LogP contribution in [-0.2, 0) is 0 Å². The Morgan fingerprint density at radius 3 is 3.00 bits per heavy atom. The van der Waals surface area contributed by atoms with Crippen LogP contribution in [0.15, 0.2) is 0 Å². The number of rotatable bonds is 0. The molecule has 0 spiro atoms. The topological polar surface area (TPSA) is 46.4 Å². The summed E-state index contributed by atoms with van der Waals surface area (Å²) in [5, 5.41) is 11.5. The monoisotopic (exact) mass is 220 g/mol. The largest absolute Gasteiger partial charge is 0.703 e. The van der Waals surface area contributed by atoms with E-state index in [2.05, 4.69) is 15.9 Å². The van der Waals surface area contributed by atoms with Crippen LogP contribution in [0.4, 0.5) is 0 Å². The Labute approximate surface area is 72.8 Å². The molecule has 4 nitrogen and oxygen atoms in total. The molecule has 1 aliphatic carbocycles. The van der Waals surface area contributed by atoms with Gasteiger partial charge in [0.25, 0.3) is 6.04 Å². The Hall–Kier alpha value is -0.160. The molecule has 0 amide bonds. The van der Waals surface area contributed by atoms with Gasteiger partial charge in [0, 0.05) is 6.42 Å². The van der Waals surface area contributed by atoms with Crippen molar-refractivity contribution in [2.75, 3.05) is 0 Å². The maximum Gasteiger partial charge on any atom is 0.270 e. The minimum absolute atomic E-state index is 0.117. The normalized spacial score (nSPS) is 43.3. The first kappa shape index (κ1) is 7.49. The summed E-state index contributed by atoms with van der Waals surface area (Å²) in [4.78, 5) is 11.4. The molecule has 1 saturated heterocycles. The van der Waals surface area contributed by atoms with Crippen molar-refractivity contribution in [3.05, 3.63) is 10.1 Å². The Bertz CT molecular complexity index is 211. The highest BCUT2D eigenvalue weighted by molar-refractivity contribution is 9.10. The lowest BCUT2D eigenvalue weighted by Gasteiger charge is -2.50. The van der Waals surface area contributed by atoms with Crippen LogP contribution in [0.25, 0.3) is 0 Å². The molecule has 5 heteroatoms. The first-order chi connectivity index (χ1) is 5.16. The standard InChI is InChI=1S/C6H9BrN2O2/c7-6-4-2-1-3-5(6)8(10)9(6)11/h5H,1-4H2. The molecular formula is C6H9BrN2O2. The van der Waals surface area contributed by atoms with E-state index in [0.29, 0.717) is 10.0 Å². The minimum Gasteiger partial charge on any atom is -0.703 e. The number of halogens is 1. The molecule has 0 radical (unpaired) electrons. The molecule has 0 bridgehead atoms. The molecule has 0 aromatic carbocycles. The third kappa shape index (κ3) is 0.780. The van der Waals surface area contributed by atoms with Crippen LogP contribution in [-0.4, -0.2) is 20.5 Å². The molecule has 0 N–H and O–H groups in total. The van der Waals surface area contributed by atoms with Crippen molar-refractivity contribution in [1.29, 1.82) is 0 Å². The van der Waals surface area contributed by atoms with Crippen LogP contribution in [0.3, 0.4) is 0 Å². The molecule has 62 valence electrons. The van der Waals surface area contributed by atoms with Crippen molar-refractivity contribution in [2.24, 2.45) is 0 Å². The fourth-order valence-electron chi connectivity index (χ4n) is 1.84. The lowest BCUT2D eigenvalue weighted by atomic mass is 9.88. The van der Waals surface area contributed by atoms with Gasteiger partial charge in [-0.15, -0.1) is 0 Å². The van der Waals surface area contributed by atoms with Crippen molar-refractivity contribution in [3.8, 4) is 0 Å². The van der Waals surface area contributed by atoms with Crippen LogP contribution >= 0.6 is 15.9 Å². The van der Waals surface area contributed by atoms with Crippen LogP contribution in [0, 0.1) is 10.1 Å². The fraction of sp³-hybridized carbons (Fsp3) is 1.00. The van der Waals surface area contributed by atoms with E-state index in [9.17, 15) is 10.1 Å². The molecule has 2 rings (SSSR count). The molecular weight excluding hydrogens is 212 g/mol. The highest BCUT2D eigenvalue weighted by atomic mass is 79.9. The van der Waals surface area contributed by atoms with E-state index in [4.69, 9.17) is 0 Å². The zero-order valence-corrected chi connectivity index (χ0v) is 7.58. The van der Waals surface area contributed by atoms with Crippen molar-refractivity contribution in [1.82, 2.24) is 5.17 Å². The van der Waals surface area contributed by atoms with Gasteiger partial charge in [0.15, 0.2) is 0 Å². The maximum absolute atomic E-state index is 11.0. The second-order valence-electron chi connectivity index (χ2n) is 3.16. The molecule has 0 aromatic rings. The van der Waals surface area contributed by atoms with Gasteiger partial charge in [0.1, 0.15) is 4.87 Å². The Balaban J connectivity index is 2.19. The number of nitroso groups, excluding NO2 is 1. The average Bonchev–Trinajstić information content (AvgIpc) is 2.04. The molecule has 1 saturated carbocycles. The number of hydroxylamine groups is 1. The van der Waals surface area contributed by atoms with Crippen molar-refractivity contribution < 1.29 is 4.87 Å². The van der Waals surface area contributed by atoms with E-state index < -0.39 is 4.45 Å². The van der Waals surface area contributed by atoms with E-state index in [1.165, 1.54) is 0 Å². The average molecular weight is 221 g/mol. The third-order valence-corrected chi connectivity index (χ3v) is 3.76. The second kappa shape index (κ2) is 2.17. The summed E-state index contributed by atoms with van der Waals surface area (Å²) in [6.45, 7) is 0. The quantitative estimate of drug-likeness (QED) is 0.354. The molecule has 0 aromatic heterocycles. The summed E-state index contributed by atoms with van der Waals surface area (Å²) in [6, 6.07) is -0.117. The second-order valence-corrected chi connectivity index (χ2v) is 4.53. The van der Waals surface area contributed by atoms with Crippen molar-refractivity contribution >= 4 is 15.9 Å². The Kier molecular flexibility index (Phi) is 1.47. The smallest absolute Gasteiger partial charge is 0.270 e. The summed E-state index contributed by atoms with van der Waals surface area (Å²) in [5.41, 5.74) is 0. The van der Waals surface area contributed by atoms with Crippen molar-refractivity contribution in [3.63, 3.8) is 0 Å². The van der Waals surface area contributed by atoms with Gasteiger partial charge in [0.05, 0.1) is 4.91 Å². The van der Waals surface area contributed by atoms with E-state index in [1.54, 1.807) is 0 Å². The van der Waals surface area contributed by atoms with Crippen molar-refractivity contribution in [2.45, 2.75) is 36.2 Å². The van der Waals surface area contributed by atoms with E-state index in [1.807, 2.05) is 0 Å². The summed E-state index contributed by atoms with van der Waals surface area (Å²) in [6.07, 6.45) is 3.73. The summed E-state index contributed by atoms with van der Waals surface area (Å²) in [5.74, 6) is 0. The Morgan fingerprint density at radius 1 is 1.64 bits per heavy atom. The zero-order valence-electron chi connectivity index (χ0n) is 5.99. The van der Waals surface area contributed by atoms with Crippen LogP contribution < -0.4 is 0 Å². The number of hydrogen-bond donors (Lipinski definition) is 0. The number of fused-ring (bicyclic) bond motifs is 1. The highest BCUT2D eigenvalue weighted by Gasteiger charge is 2.64. The Morgan fingerprint density at radius 2 is 2.36 bits per heavy atom. The summed E-state index contributed by atoms with van der Waals surface area (Å²) < 4.78 is -0.549. The van der Waals surface area contributed by atoms with Gasteiger partial charge >= 0.3 is 0 Å². The van der Waals surface area contributed by atoms with Crippen LogP contribution in [0.5, 0.6) is 0 Å². The number of nitrogens with zero attached hydrogens (tertiary/aromatic N) is 2. The van der Waals surface area contributed by atoms with Gasteiger partial charge in [-0.05, 0) is 35.2 Å². The SMILES string of the molecule is O=[N+]1C2CCCCC2(Br)N1[O-]. The van der Waals surface area contributed by atoms with Crippen LogP contribution in [0.1, 0.15) is 25.7 Å². The highest BCUT2D eigenvalue weighted by Crippen LogP contribution is 2.47. The molecule has 11 heavy (non-hydrogen) atoms. The fourth-order valence-corrected chi connectivity index (χ4v) is 2.68. The predicted octanol–water partition coefficient (Wildman–Crippen LogP) is 1.53. The lowest BCUT2D eigenvalue weighted by molar-refractivity contribution is -0.810. The zero-order chi connectivity index (χ0) is 8.06. The lowest BCUT2D eigenvalue weighted by Crippen LogP contribution is -2.70. The predicted molar refractivity (Wildman–Crippen MR) is 42.7 cm³/mol. The maximum atomic E-state index is 11.0. The first-order valence-corrected chi connectivity index (χ1v) is 4.58. The molecule has 2 atom stereocenters. The van der Waals surface area contributed by atoms with Gasteiger partial charge in [-0.2, -0.15) is 5.17 Å². The molecule has 1 aliphatic heterocycles. The molecule has 2 fully saturated rings. The van der Waals surface area contributed by atoms with Gasteiger partial charge in [0.2, 0.25) is 4.45 Å². The number of hydrogen-bond acceptors (Lipinski definition) is 2. The minimum atomic E-state index is -0.549. The summed E-state index contributed by atoms with van der Waals surface area (Å²) in [7, 11) is 0. The molecule has 1 heterocycles. The molecule has 2 aliphatic rings. The van der Waals surface area contributed by atoms with E-state index >= 15 is 0 Å². The van der Waals surface area contributed by atoms with Gasteiger partial charge in [-0.1, -0.05) is 0 Å². The van der Waals surface area contributed by atoms with E-state index in [0.717, 1.165) is 25.7 Å². The summed E-state index contributed by atoms with van der Waals surface area (Å²) >= 11 is 3.32.